The number of hydrogen-bond acceptors (Lipinski definition) is 3. The van der Waals surface area contributed by atoms with E-state index in [1.54, 1.807) is 0 Å². The second kappa shape index (κ2) is 12.0. The fraction of sp³-hybridized carbons (Fsp3) is 0.500. The van der Waals surface area contributed by atoms with E-state index in [4.69, 9.17) is 0 Å². The van der Waals surface area contributed by atoms with E-state index in [2.05, 4.69) is 81.7 Å². The molecular weight excluding hydrogens is 451 g/mol. The van der Waals surface area contributed by atoms with Crippen LogP contribution in [0.2, 0.25) is 0 Å². The Kier molecular flexibility index (Phi) is 10.4. The Morgan fingerprint density at radius 3 is 2.44 bits per heavy atom. The quantitative estimate of drug-likeness (QED) is 0.262. The Morgan fingerprint density at radius 1 is 1.19 bits per heavy atom. The van der Waals surface area contributed by atoms with E-state index in [0.717, 1.165) is 37.7 Å². The molecule has 2 rings (SSSR count). The van der Waals surface area contributed by atoms with E-state index in [9.17, 15) is 0 Å². The van der Waals surface area contributed by atoms with Crippen LogP contribution >= 0.6 is 24.0 Å². The van der Waals surface area contributed by atoms with Crippen LogP contribution in [0.4, 0.5) is 0 Å². The van der Waals surface area contributed by atoms with E-state index >= 15 is 0 Å². The molecular formula is C20H33IN6. The van der Waals surface area contributed by atoms with Crippen molar-refractivity contribution in [2.24, 2.45) is 4.99 Å². The van der Waals surface area contributed by atoms with Gasteiger partial charge in [0, 0.05) is 32.4 Å². The van der Waals surface area contributed by atoms with Gasteiger partial charge in [-0.05, 0) is 46.0 Å². The third-order valence-corrected chi connectivity index (χ3v) is 4.44. The molecule has 0 aliphatic rings. The highest BCUT2D eigenvalue weighted by Gasteiger charge is 2.14. The van der Waals surface area contributed by atoms with E-state index in [0.29, 0.717) is 6.04 Å². The molecule has 150 valence electrons. The van der Waals surface area contributed by atoms with Crippen LogP contribution in [0, 0.1) is 13.8 Å². The maximum absolute atomic E-state index is 4.50. The molecule has 2 aromatic rings. The molecule has 0 aliphatic carbocycles. The minimum Gasteiger partial charge on any atom is -0.356 e. The van der Waals surface area contributed by atoms with Gasteiger partial charge in [0.2, 0.25) is 0 Å². The lowest BCUT2D eigenvalue weighted by Crippen LogP contribution is -2.42. The highest BCUT2D eigenvalue weighted by molar-refractivity contribution is 14.0. The summed E-state index contributed by atoms with van der Waals surface area (Å²) in [5.74, 6) is 0.834. The molecule has 0 radical (unpaired) electrons. The van der Waals surface area contributed by atoms with Gasteiger partial charge < -0.3 is 15.5 Å². The van der Waals surface area contributed by atoms with Crippen molar-refractivity contribution >= 4 is 29.9 Å². The van der Waals surface area contributed by atoms with Crippen molar-refractivity contribution in [3.05, 3.63) is 53.3 Å². The Morgan fingerprint density at radius 2 is 1.89 bits per heavy atom. The number of hydrogen-bond donors (Lipinski definition) is 2. The number of benzene rings is 1. The summed E-state index contributed by atoms with van der Waals surface area (Å²) in [6, 6.07) is 12.9. The topological polar surface area (TPSA) is 57.5 Å². The highest BCUT2D eigenvalue weighted by Crippen LogP contribution is 2.16. The number of rotatable bonds is 8. The minimum atomic E-state index is 0. The zero-order valence-electron chi connectivity index (χ0n) is 17.1. The molecule has 1 unspecified atom stereocenters. The van der Waals surface area contributed by atoms with E-state index in [-0.39, 0.29) is 24.0 Å². The van der Waals surface area contributed by atoms with Crippen molar-refractivity contribution in [3.8, 4) is 0 Å². The average Bonchev–Trinajstić information content (AvgIpc) is 2.95. The van der Waals surface area contributed by atoms with E-state index in [1.165, 1.54) is 11.3 Å². The molecule has 7 heteroatoms. The number of aliphatic imine (C=N–C) groups is 1. The molecule has 0 bridgehead atoms. The average molecular weight is 484 g/mol. The van der Waals surface area contributed by atoms with E-state index in [1.807, 2.05) is 20.0 Å². The summed E-state index contributed by atoms with van der Waals surface area (Å²) >= 11 is 0. The number of halogens is 1. The Hall–Kier alpha value is -1.61. The lowest BCUT2D eigenvalue weighted by Gasteiger charge is -2.26. The second-order valence-corrected chi connectivity index (χ2v) is 6.77. The highest BCUT2D eigenvalue weighted by atomic mass is 127. The standard InChI is InChI=1S/C20H32N6.HI/c1-16-14-17(2)26(24-16)13-9-12-22-20(21-3)23-15-19(25(4)5)18-10-7-6-8-11-18;/h6-8,10-11,14,19H,9,12-13,15H2,1-5H3,(H2,21,22,23);1H. The fourth-order valence-electron chi connectivity index (χ4n) is 3.02. The monoisotopic (exact) mass is 484 g/mol. The number of guanidine groups is 1. The first-order valence-electron chi connectivity index (χ1n) is 9.18. The number of nitrogens with zero attached hydrogens (tertiary/aromatic N) is 4. The van der Waals surface area contributed by atoms with Crippen LogP contribution in [0.5, 0.6) is 0 Å². The van der Waals surface area contributed by atoms with Gasteiger partial charge in [0.15, 0.2) is 5.96 Å². The van der Waals surface area contributed by atoms with Gasteiger partial charge in [-0.15, -0.1) is 24.0 Å². The van der Waals surface area contributed by atoms with Crippen molar-refractivity contribution in [2.45, 2.75) is 32.9 Å². The molecule has 6 nitrogen and oxygen atoms in total. The zero-order chi connectivity index (χ0) is 18.9. The Labute approximate surface area is 180 Å². The molecule has 27 heavy (non-hydrogen) atoms. The van der Waals surface area contributed by atoms with Gasteiger partial charge >= 0.3 is 0 Å². The zero-order valence-corrected chi connectivity index (χ0v) is 19.4. The van der Waals surface area contributed by atoms with Crippen molar-refractivity contribution in [2.75, 3.05) is 34.2 Å². The van der Waals surface area contributed by atoms with Crippen LogP contribution in [0.3, 0.4) is 0 Å². The minimum absolute atomic E-state index is 0. The summed E-state index contributed by atoms with van der Waals surface area (Å²) in [5, 5.41) is 11.3. The summed E-state index contributed by atoms with van der Waals surface area (Å²) in [7, 11) is 6.01. The van der Waals surface area contributed by atoms with Gasteiger partial charge in [0.1, 0.15) is 0 Å². The van der Waals surface area contributed by atoms with Gasteiger partial charge in [-0.1, -0.05) is 30.3 Å². The molecule has 0 aliphatic heterocycles. The maximum Gasteiger partial charge on any atom is 0.191 e. The predicted octanol–water partition coefficient (Wildman–Crippen LogP) is 2.98. The summed E-state index contributed by atoms with van der Waals surface area (Å²) in [4.78, 5) is 6.55. The first kappa shape index (κ1) is 23.4. The van der Waals surface area contributed by atoms with Gasteiger partial charge in [0.05, 0.1) is 11.7 Å². The number of likely N-dealkylation sites (N-methyl/N-ethyl adjacent to an activating group) is 1. The van der Waals surface area contributed by atoms with Crippen LogP contribution in [-0.4, -0.2) is 54.9 Å². The number of aryl methyl sites for hydroxylation is 3. The fourth-order valence-corrected chi connectivity index (χ4v) is 3.02. The number of nitrogens with one attached hydrogen (secondary N) is 2. The predicted molar refractivity (Wildman–Crippen MR) is 124 cm³/mol. The van der Waals surface area contributed by atoms with Crippen LogP contribution < -0.4 is 10.6 Å². The molecule has 1 heterocycles. The first-order chi connectivity index (χ1) is 12.5. The number of aromatic nitrogens is 2. The lowest BCUT2D eigenvalue weighted by atomic mass is 10.1. The van der Waals surface area contributed by atoms with Crippen LogP contribution in [0.25, 0.3) is 0 Å². The normalized spacial score (nSPS) is 12.6. The van der Waals surface area contributed by atoms with Crippen LogP contribution in [0.1, 0.15) is 29.4 Å². The van der Waals surface area contributed by atoms with Crippen molar-refractivity contribution in [3.63, 3.8) is 0 Å². The molecule has 1 atom stereocenters. The smallest absolute Gasteiger partial charge is 0.191 e. The summed E-state index contributed by atoms with van der Waals surface area (Å²) in [5.41, 5.74) is 3.58. The maximum atomic E-state index is 4.50. The molecule has 1 aromatic heterocycles. The van der Waals surface area contributed by atoms with Crippen LogP contribution in [0.15, 0.2) is 41.4 Å². The second-order valence-electron chi connectivity index (χ2n) is 6.77. The molecule has 0 saturated carbocycles. The molecule has 0 saturated heterocycles. The Balaban J connectivity index is 0.00000364. The largest absolute Gasteiger partial charge is 0.356 e. The van der Waals surface area contributed by atoms with Crippen LogP contribution in [-0.2, 0) is 6.54 Å². The summed E-state index contributed by atoms with van der Waals surface area (Å²) in [6.07, 6.45) is 0.998. The van der Waals surface area contributed by atoms with Crippen molar-refractivity contribution in [1.82, 2.24) is 25.3 Å². The van der Waals surface area contributed by atoms with Gasteiger partial charge in [-0.25, -0.2) is 0 Å². The molecule has 0 fully saturated rings. The third-order valence-electron chi connectivity index (χ3n) is 4.44. The van der Waals surface area contributed by atoms with Gasteiger partial charge in [0.25, 0.3) is 0 Å². The molecule has 0 spiro atoms. The van der Waals surface area contributed by atoms with Gasteiger partial charge in [-0.2, -0.15) is 5.10 Å². The lowest BCUT2D eigenvalue weighted by molar-refractivity contribution is 0.298. The van der Waals surface area contributed by atoms with Gasteiger partial charge in [-0.3, -0.25) is 9.67 Å². The van der Waals surface area contributed by atoms with Crippen molar-refractivity contribution < 1.29 is 0 Å². The molecule has 0 amide bonds. The van der Waals surface area contributed by atoms with E-state index < -0.39 is 0 Å². The Bertz CT molecular complexity index is 696. The first-order valence-corrected chi connectivity index (χ1v) is 9.18. The third kappa shape index (κ3) is 7.50. The molecule has 1 aromatic carbocycles. The van der Waals surface area contributed by atoms with Crippen molar-refractivity contribution in [1.29, 1.82) is 0 Å². The summed E-state index contributed by atoms with van der Waals surface area (Å²) in [6.45, 7) is 6.69. The molecule has 2 N–H and O–H groups in total. The summed E-state index contributed by atoms with van der Waals surface area (Å²) < 4.78 is 2.06. The SMILES string of the molecule is CN=C(NCCCn1nc(C)cc1C)NCC(c1ccccc1)N(C)C.I.